The van der Waals surface area contributed by atoms with Crippen molar-refractivity contribution < 1.29 is 18.3 Å². The Morgan fingerprint density at radius 3 is 2.75 bits per heavy atom. The van der Waals surface area contributed by atoms with Gasteiger partial charge >= 0.3 is 6.61 Å². The topological polar surface area (TPSA) is 67.0 Å². The summed E-state index contributed by atoms with van der Waals surface area (Å²) in [6.45, 7) is -1.09. The van der Waals surface area contributed by atoms with E-state index in [-0.39, 0.29) is 11.7 Å². The Morgan fingerprint density at radius 1 is 1.18 bits per heavy atom. The van der Waals surface area contributed by atoms with Crippen molar-refractivity contribution in [3.63, 3.8) is 0 Å². The summed E-state index contributed by atoms with van der Waals surface area (Å²) < 4.78 is 29.8. The number of para-hydroxylation sites is 2. The summed E-state index contributed by atoms with van der Waals surface area (Å²) in [7, 11) is 0. The minimum atomic E-state index is -2.93. The predicted molar refractivity (Wildman–Crippen MR) is 105 cm³/mol. The fourth-order valence-corrected chi connectivity index (χ4v) is 3.77. The molecule has 2 aromatic carbocycles. The zero-order chi connectivity index (χ0) is 19.7. The summed E-state index contributed by atoms with van der Waals surface area (Å²) in [5, 5.41) is 5.67. The number of aromatic nitrogens is 2. The Morgan fingerprint density at radius 2 is 1.93 bits per heavy atom. The van der Waals surface area contributed by atoms with Crippen molar-refractivity contribution in [3.8, 4) is 17.0 Å². The molecule has 28 heavy (non-hydrogen) atoms. The minimum absolute atomic E-state index is 0.0353. The number of benzene rings is 2. The summed E-state index contributed by atoms with van der Waals surface area (Å²) in [4.78, 5) is 20.3. The molecule has 0 spiro atoms. The number of nitrogens with zero attached hydrogens (tertiary/aromatic N) is 1. The van der Waals surface area contributed by atoms with Crippen LogP contribution >= 0.6 is 11.3 Å². The van der Waals surface area contributed by atoms with E-state index in [1.54, 1.807) is 23.6 Å². The van der Waals surface area contributed by atoms with Crippen molar-refractivity contribution in [1.29, 1.82) is 0 Å². The van der Waals surface area contributed by atoms with Crippen LogP contribution in [0.2, 0.25) is 0 Å². The summed E-state index contributed by atoms with van der Waals surface area (Å²) in [6.07, 6.45) is 0. The minimum Gasteiger partial charge on any atom is -0.434 e. The summed E-state index contributed by atoms with van der Waals surface area (Å²) in [6, 6.07) is 14.0. The molecule has 0 saturated heterocycles. The molecule has 4 aromatic rings. The highest BCUT2D eigenvalue weighted by molar-refractivity contribution is 7.14. The van der Waals surface area contributed by atoms with E-state index in [4.69, 9.17) is 0 Å². The Hall–Kier alpha value is -3.26. The van der Waals surface area contributed by atoms with Gasteiger partial charge in [0.1, 0.15) is 5.75 Å². The molecule has 0 fully saturated rings. The van der Waals surface area contributed by atoms with Gasteiger partial charge in [0, 0.05) is 27.5 Å². The van der Waals surface area contributed by atoms with Crippen LogP contribution in [0.25, 0.3) is 22.2 Å². The maximum Gasteiger partial charge on any atom is 0.387 e. The number of nitrogens with one attached hydrogen (secondary N) is 2. The number of halogens is 2. The number of rotatable bonds is 5. The highest BCUT2D eigenvalue weighted by Gasteiger charge is 2.18. The van der Waals surface area contributed by atoms with Crippen LogP contribution in [-0.4, -0.2) is 22.5 Å². The quantitative estimate of drug-likeness (QED) is 0.469. The number of anilines is 1. The molecule has 2 aromatic heterocycles. The Balaban J connectivity index is 1.61. The molecule has 0 unspecified atom stereocenters. The van der Waals surface area contributed by atoms with Crippen LogP contribution in [0.3, 0.4) is 0 Å². The zero-order valence-corrected chi connectivity index (χ0v) is 15.5. The van der Waals surface area contributed by atoms with Gasteiger partial charge in [0.05, 0.1) is 11.3 Å². The first-order chi connectivity index (χ1) is 13.5. The van der Waals surface area contributed by atoms with Gasteiger partial charge in [-0.15, -0.1) is 11.3 Å². The molecule has 4 rings (SSSR count). The molecule has 8 heteroatoms. The van der Waals surface area contributed by atoms with Gasteiger partial charge < -0.3 is 9.72 Å². The van der Waals surface area contributed by atoms with Crippen LogP contribution in [0, 0.1) is 6.92 Å². The SMILES string of the molecule is Cc1[nH]c2ccccc2c1C(=O)Nc1nc(-c2ccccc2OC(F)F)cs1. The summed E-state index contributed by atoms with van der Waals surface area (Å²) in [5.74, 6) is -0.249. The molecule has 2 N–H and O–H groups in total. The van der Waals surface area contributed by atoms with Gasteiger partial charge in [-0.2, -0.15) is 8.78 Å². The maximum atomic E-state index is 12.8. The van der Waals surface area contributed by atoms with Gasteiger partial charge in [-0.25, -0.2) is 4.98 Å². The number of ether oxygens (including phenoxy) is 1. The largest absolute Gasteiger partial charge is 0.434 e. The van der Waals surface area contributed by atoms with Gasteiger partial charge in [-0.05, 0) is 25.1 Å². The van der Waals surface area contributed by atoms with E-state index in [0.717, 1.165) is 16.6 Å². The number of carbonyl (C=O) groups is 1. The Kier molecular flexibility index (Phi) is 4.79. The number of alkyl halides is 2. The molecule has 0 aliphatic carbocycles. The monoisotopic (exact) mass is 399 g/mol. The van der Waals surface area contributed by atoms with Crippen LogP contribution in [0.15, 0.2) is 53.9 Å². The third-order valence-corrected chi connectivity index (χ3v) is 4.98. The van der Waals surface area contributed by atoms with Gasteiger partial charge in [-0.1, -0.05) is 30.3 Å². The molecular weight excluding hydrogens is 384 g/mol. The first kappa shape index (κ1) is 18.1. The van der Waals surface area contributed by atoms with Crippen molar-refractivity contribution >= 4 is 33.3 Å². The number of hydrogen-bond acceptors (Lipinski definition) is 4. The number of thiazole rings is 1. The average molecular weight is 399 g/mol. The second kappa shape index (κ2) is 7.40. The van der Waals surface area contributed by atoms with Crippen LogP contribution in [-0.2, 0) is 0 Å². The van der Waals surface area contributed by atoms with Crippen molar-refractivity contribution in [2.24, 2.45) is 0 Å². The molecule has 0 atom stereocenters. The first-order valence-electron chi connectivity index (χ1n) is 8.41. The first-order valence-corrected chi connectivity index (χ1v) is 9.29. The lowest BCUT2D eigenvalue weighted by molar-refractivity contribution is -0.0494. The fourth-order valence-electron chi connectivity index (χ4n) is 3.06. The number of carbonyl (C=O) groups excluding carboxylic acids is 1. The van der Waals surface area contributed by atoms with Gasteiger partial charge in [0.25, 0.3) is 5.91 Å². The van der Waals surface area contributed by atoms with Crippen LogP contribution < -0.4 is 10.1 Å². The van der Waals surface area contributed by atoms with Crippen molar-refractivity contribution in [1.82, 2.24) is 9.97 Å². The van der Waals surface area contributed by atoms with E-state index in [9.17, 15) is 13.6 Å². The third-order valence-electron chi connectivity index (χ3n) is 4.22. The highest BCUT2D eigenvalue weighted by Crippen LogP contribution is 2.33. The molecule has 0 radical (unpaired) electrons. The van der Waals surface area contributed by atoms with Crippen molar-refractivity contribution in [3.05, 3.63) is 65.2 Å². The number of H-pyrrole nitrogens is 1. The van der Waals surface area contributed by atoms with Gasteiger partial charge in [0.2, 0.25) is 0 Å². The lowest BCUT2D eigenvalue weighted by Gasteiger charge is -2.08. The lowest BCUT2D eigenvalue weighted by Crippen LogP contribution is -2.12. The molecule has 0 aliphatic heterocycles. The second-order valence-corrected chi connectivity index (χ2v) is 6.90. The third kappa shape index (κ3) is 3.46. The average Bonchev–Trinajstić information content (AvgIpc) is 3.25. The molecular formula is C20H15F2N3O2S. The molecule has 0 saturated carbocycles. The van der Waals surface area contributed by atoms with Crippen LogP contribution in [0.1, 0.15) is 16.1 Å². The lowest BCUT2D eigenvalue weighted by atomic mass is 10.1. The summed E-state index contributed by atoms with van der Waals surface area (Å²) >= 11 is 1.21. The molecule has 0 aliphatic rings. The number of hydrogen-bond donors (Lipinski definition) is 2. The van der Waals surface area contributed by atoms with Crippen molar-refractivity contribution in [2.45, 2.75) is 13.5 Å². The Labute approximate surface area is 163 Å². The molecule has 1 amide bonds. The second-order valence-electron chi connectivity index (χ2n) is 6.04. The molecule has 2 heterocycles. The standard InChI is InChI=1S/C20H15F2N3O2S/c1-11-17(13-7-2-4-8-14(13)23-11)18(26)25-20-24-15(10-28-20)12-6-3-5-9-16(12)27-19(21)22/h2-10,19,23H,1H3,(H,24,25,26). The number of amides is 1. The van der Waals surface area contributed by atoms with E-state index >= 15 is 0 Å². The van der Waals surface area contributed by atoms with E-state index in [1.165, 1.54) is 17.4 Å². The maximum absolute atomic E-state index is 12.8. The predicted octanol–water partition coefficient (Wildman–Crippen LogP) is 5.45. The van der Waals surface area contributed by atoms with E-state index < -0.39 is 6.61 Å². The van der Waals surface area contributed by atoms with Crippen LogP contribution in [0.4, 0.5) is 13.9 Å². The molecule has 0 bridgehead atoms. The Bertz CT molecular complexity index is 1150. The van der Waals surface area contributed by atoms with Gasteiger partial charge in [0.15, 0.2) is 5.13 Å². The van der Waals surface area contributed by atoms with Crippen LogP contribution in [0.5, 0.6) is 5.75 Å². The highest BCUT2D eigenvalue weighted by atomic mass is 32.1. The molecule has 142 valence electrons. The van der Waals surface area contributed by atoms with E-state index in [0.29, 0.717) is 22.0 Å². The fraction of sp³-hybridized carbons (Fsp3) is 0.100. The zero-order valence-electron chi connectivity index (χ0n) is 14.7. The molecule has 5 nitrogen and oxygen atoms in total. The van der Waals surface area contributed by atoms with Gasteiger partial charge in [-0.3, -0.25) is 10.1 Å². The van der Waals surface area contributed by atoms with E-state index in [1.807, 2.05) is 31.2 Å². The number of fused-ring (bicyclic) bond motifs is 1. The van der Waals surface area contributed by atoms with Crippen molar-refractivity contribution in [2.75, 3.05) is 5.32 Å². The normalized spacial score (nSPS) is 11.1. The number of aryl methyl sites for hydroxylation is 1. The summed E-state index contributed by atoms with van der Waals surface area (Å²) in [5.41, 5.74) is 3.07. The smallest absolute Gasteiger partial charge is 0.387 e. The number of aromatic amines is 1. The van der Waals surface area contributed by atoms with E-state index in [2.05, 4.69) is 20.0 Å².